The van der Waals surface area contributed by atoms with Gasteiger partial charge in [-0.2, -0.15) is 0 Å². The second-order valence-electron chi connectivity index (χ2n) is 3.03. The summed E-state index contributed by atoms with van der Waals surface area (Å²) in [6.07, 6.45) is 1.27. The maximum absolute atomic E-state index is 11.2. The third kappa shape index (κ3) is 2.65. The van der Waals surface area contributed by atoms with E-state index in [4.69, 9.17) is 0 Å². The minimum atomic E-state index is -0.534. The van der Waals surface area contributed by atoms with E-state index in [0.29, 0.717) is 6.42 Å². The summed E-state index contributed by atoms with van der Waals surface area (Å²) in [5.74, 6) is 0.0255. The van der Waals surface area contributed by atoms with Gasteiger partial charge in [-0.15, -0.1) is 0 Å². The molecule has 0 unspecified atom stereocenters. The Kier molecular flexibility index (Phi) is 3.65. The third-order valence-electron chi connectivity index (χ3n) is 2.04. The molecule has 1 amide bonds. The molecule has 1 heterocycles. The van der Waals surface area contributed by atoms with E-state index >= 15 is 0 Å². The van der Waals surface area contributed by atoms with Crippen LogP contribution in [-0.2, 0) is 4.79 Å². The van der Waals surface area contributed by atoms with Crippen molar-refractivity contribution in [3.63, 3.8) is 0 Å². The summed E-state index contributed by atoms with van der Waals surface area (Å²) >= 11 is 3.22. The van der Waals surface area contributed by atoms with Crippen LogP contribution < -0.4 is 0 Å². The lowest BCUT2D eigenvalue weighted by atomic mass is 10.1. The number of hydrogen-bond acceptors (Lipinski definition) is 3. The molecule has 0 aliphatic carbocycles. The van der Waals surface area contributed by atoms with E-state index in [9.17, 15) is 14.9 Å². The van der Waals surface area contributed by atoms with Crippen LogP contribution in [-0.4, -0.2) is 40.2 Å². The first-order chi connectivity index (χ1) is 6.15. The van der Waals surface area contributed by atoms with E-state index in [1.807, 2.05) is 0 Å². The molecule has 1 fully saturated rings. The molecule has 0 aromatic heterocycles. The number of alkyl halides is 1. The second kappa shape index (κ2) is 4.55. The monoisotopic (exact) mass is 250 g/mol. The van der Waals surface area contributed by atoms with E-state index < -0.39 is 6.04 Å². The van der Waals surface area contributed by atoms with Gasteiger partial charge < -0.3 is 4.90 Å². The van der Waals surface area contributed by atoms with Gasteiger partial charge in [-0.1, -0.05) is 15.9 Å². The van der Waals surface area contributed by atoms with Crippen LogP contribution in [0.3, 0.4) is 0 Å². The molecule has 74 valence electrons. The summed E-state index contributed by atoms with van der Waals surface area (Å²) in [7, 11) is 0. The zero-order chi connectivity index (χ0) is 9.84. The molecule has 0 aromatic rings. The molecule has 0 bridgehead atoms. The number of nitrogens with zero attached hydrogens (tertiary/aromatic N) is 2. The summed E-state index contributed by atoms with van der Waals surface area (Å²) < 4.78 is 0. The fourth-order valence-electron chi connectivity index (χ4n) is 1.17. The van der Waals surface area contributed by atoms with Crippen LogP contribution in [0.25, 0.3) is 0 Å². The molecule has 0 radical (unpaired) electrons. The van der Waals surface area contributed by atoms with E-state index in [-0.39, 0.29) is 23.9 Å². The summed E-state index contributed by atoms with van der Waals surface area (Å²) in [4.78, 5) is 22.7. The fourth-order valence-corrected chi connectivity index (χ4v) is 1.45. The summed E-state index contributed by atoms with van der Waals surface area (Å²) in [6.45, 7) is 0.572. The number of rotatable bonds is 4. The SMILES string of the molecule is O=C(CCCBr)N1CC([N+](=O)[O-])C1. The van der Waals surface area contributed by atoms with E-state index in [1.165, 1.54) is 4.90 Å². The van der Waals surface area contributed by atoms with Gasteiger partial charge >= 0.3 is 0 Å². The predicted molar refractivity (Wildman–Crippen MR) is 50.4 cm³/mol. The van der Waals surface area contributed by atoms with Crippen LogP contribution in [0, 0.1) is 10.1 Å². The van der Waals surface area contributed by atoms with Crippen LogP contribution in [0.5, 0.6) is 0 Å². The van der Waals surface area contributed by atoms with Gasteiger partial charge in [0.1, 0.15) is 0 Å². The zero-order valence-corrected chi connectivity index (χ0v) is 8.70. The average Bonchev–Trinajstić information content (AvgIpc) is 1.97. The molecule has 0 N–H and O–H groups in total. The maximum Gasteiger partial charge on any atom is 0.247 e. The summed E-state index contributed by atoms with van der Waals surface area (Å²) in [5, 5.41) is 11.0. The molecule has 0 spiro atoms. The normalized spacial score (nSPS) is 16.8. The molecule has 1 rings (SSSR count). The van der Waals surface area contributed by atoms with Gasteiger partial charge in [-0.25, -0.2) is 0 Å². The highest BCUT2D eigenvalue weighted by atomic mass is 79.9. The van der Waals surface area contributed by atoms with Gasteiger partial charge in [0.25, 0.3) is 0 Å². The van der Waals surface area contributed by atoms with Gasteiger partial charge in [0.2, 0.25) is 11.9 Å². The minimum Gasteiger partial charge on any atom is -0.329 e. The van der Waals surface area contributed by atoms with Crippen molar-refractivity contribution in [3.05, 3.63) is 10.1 Å². The molecule has 5 nitrogen and oxygen atoms in total. The Morgan fingerprint density at radius 3 is 2.69 bits per heavy atom. The van der Waals surface area contributed by atoms with Crippen LogP contribution in [0.2, 0.25) is 0 Å². The highest BCUT2D eigenvalue weighted by molar-refractivity contribution is 9.09. The summed E-state index contributed by atoms with van der Waals surface area (Å²) in [6, 6.07) is -0.534. The average molecular weight is 251 g/mol. The first kappa shape index (κ1) is 10.4. The van der Waals surface area contributed by atoms with Crippen molar-refractivity contribution in [2.24, 2.45) is 0 Å². The number of carbonyl (C=O) groups is 1. The van der Waals surface area contributed by atoms with Gasteiger partial charge in [0.05, 0.1) is 13.1 Å². The van der Waals surface area contributed by atoms with Crippen LogP contribution >= 0.6 is 15.9 Å². The molecule has 0 aromatic carbocycles. The number of carbonyl (C=O) groups excluding carboxylic acids is 1. The predicted octanol–water partition coefficient (Wildman–Crippen LogP) is 0.649. The van der Waals surface area contributed by atoms with Crippen LogP contribution in [0.4, 0.5) is 0 Å². The topological polar surface area (TPSA) is 63.5 Å². The molecule has 1 aliphatic rings. The molecule has 0 saturated carbocycles. The number of amides is 1. The van der Waals surface area contributed by atoms with Crippen molar-refractivity contribution in [1.29, 1.82) is 0 Å². The lowest BCUT2D eigenvalue weighted by molar-refractivity contribution is -0.537. The van der Waals surface area contributed by atoms with Gasteiger partial charge in [0, 0.05) is 16.7 Å². The van der Waals surface area contributed by atoms with Gasteiger partial charge in [-0.05, 0) is 6.42 Å². The Morgan fingerprint density at radius 2 is 2.23 bits per heavy atom. The Labute approximate surface area is 84.4 Å². The Morgan fingerprint density at radius 1 is 1.62 bits per heavy atom. The van der Waals surface area contributed by atoms with Crippen LogP contribution in [0.15, 0.2) is 0 Å². The van der Waals surface area contributed by atoms with Crippen molar-refractivity contribution in [2.75, 3.05) is 18.4 Å². The van der Waals surface area contributed by atoms with Crippen molar-refractivity contribution in [1.82, 2.24) is 4.90 Å². The van der Waals surface area contributed by atoms with E-state index in [2.05, 4.69) is 15.9 Å². The van der Waals surface area contributed by atoms with Crippen molar-refractivity contribution in [3.8, 4) is 0 Å². The largest absolute Gasteiger partial charge is 0.329 e. The lowest BCUT2D eigenvalue weighted by Crippen LogP contribution is -2.56. The first-order valence-electron chi connectivity index (χ1n) is 4.12. The van der Waals surface area contributed by atoms with Crippen molar-refractivity contribution in [2.45, 2.75) is 18.9 Å². The zero-order valence-electron chi connectivity index (χ0n) is 7.11. The van der Waals surface area contributed by atoms with Gasteiger partial charge in [-0.3, -0.25) is 14.9 Å². The number of likely N-dealkylation sites (tertiary alicyclic amines) is 1. The fraction of sp³-hybridized carbons (Fsp3) is 0.857. The van der Waals surface area contributed by atoms with Crippen LogP contribution in [0.1, 0.15) is 12.8 Å². The first-order valence-corrected chi connectivity index (χ1v) is 5.24. The maximum atomic E-state index is 11.2. The quantitative estimate of drug-likeness (QED) is 0.418. The highest BCUT2D eigenvalue weighted by Gasteiger charge is 2.38. The number of nitro groups is 1. The van der Waals surface area contributed by atoms with E-state index in [1.54, 1.807) is 0 Å². The standard InChI is InChI=1S/C7H11BrN2O3/c8-3-1-2-7(11)9-4-6(5-9)10(12)13/h6H,1-5H2. The minimum absolute atomic E-state index is 0.0255. The molecule has 1 aliphatic heterocycles. The molecular weight excluding hydrogens is 240 g/mol. The van der Waals surface area contributed by atoms with Crippen molar-refractivity contribution < 1.29 is 9.72 Å². The van der Waals surface area contributed by atoms with Gasteiger partial charge in [0.15, 0.2) is 0 Å². The number of hydrogen-bond donors (Lipinski definition) is 0. The molecule has 0 atom stereocenters. The smallest absolute Gasteiger partial charge is 0.247 e. The Hall–Kier alpha value is -0.650. The second-order valence-corrected chi connectivity index (χ2v) is 3.82. The van der Waals surface area contributed by atoms with E-state index in [0.717, 1.165) is 11.8 Å². The number of halogens is 1. The molecule has 1 saturated heterocycles. The Bertz CT molecular complexity index is 216. The lowest BCUT2D eigenvalue weighted by Gasteiger charge is -2.33. The summed E-state index contributed by atoms with van der Waals surface area (Å²) in [5.41, 5.74) is 0. The molecule has 13 heavy (non-hydrogen) atoms. The highest BCUT2D eigenvalue weighted by Crippen LogP contribution is 2.13. The molecule has 6 heteroatoms. The Balaban J connectivity index is 2.19. The third-order valence-corrected chi connectivity index (χ3v) is 2.60. The van der Waals surface area contributed by atoms with Crippen molar-refractivity contribution >= 4 is 21.8 Å². The molecular formula is C7H11BrN2O3.